The van der Waals surface area contributed by atoms with Crippen molar-refractivity contribution in [3.05, 3.63) is 35.9 Å². The first-order valence-corrected chi connectivity index (χ1v) is 4.13. The molecule has 4 heteroatoms. The summed E-state index contributed by atoms with van der Waals surface area (Å²) in [6.07, 6.45) is 2.00. The number of carbonyl (C=O) groups is 2. The molecule has 1 rings (SSSR count). The van der Waals surface area contributed by atoms with Gasteiger partial charge in [0.1, 0.15) is 0 Å². The molecule has 0 heterocycles. The highest BCUT2D eigenvalue weighted by Gasteiger charge is 2.01. The molecular formula is C10H10N2O2. The van der Waals surface area contributed by atoms with Crippen LogP contribution in [0.5, 0.6) is 0 Å². The van der Waals surface area contributed by atoms with Crippen LogP contribution in [0.4, 0.5) is 0 Å². The summed E-state index contributed by atoms with van der Waals surface area (Å²) in [6.45, 7) is 0. The van der Waals surface area contributed by atoms with Gasteiger partial charge in [-0.05, 0) is 0 Å². The predicted octanol–water partition coefficient (Wildman–Crippen LogP) is 0.991. The van der Waals surface area contributed by atoms with E-state index in [2.05, 4.69) is 10.5 Å². The number of hydrogen-bond acceptors (Lipinski definition) is 3. The first-order valence-electron chi connectivity index (χ1n) is 4.13. The van der Waals surface area contributed by atoms with Gasteiger partial charge in [0.15, 0.2) is 5.78 Å². The van der Waals surface area contributed by atoms with Crippen molar-refractivity contribution in [2.24, 2.45) is 5.10 Å². The zero-order valence-corrected chi connectivity index (χ0v) is 7.51. The Balaban J connectivity index is 2.47. The van der Waals surface area contributed by atoms with Gasteiger partial charge in [-0.15, -0.1) is 0 Å². The summed E-state index contributed by atoms with van der Waals surface area (Å²) in [7, 11) is 0. The maximum Gasteiger partial charge on any atom is 0.227 e. The zero-order chi connectivity index (χ0) is 10.2. The molecule has 14 heavy (non-hydrogen) atoms. The first kappa shape index (κ1) is 10.1. The van der Waals surface area contributed by atoms with E-state index in [0.717, 1.165) is 0 Å². The largest absolute Gasteiger partial charge is 0.294 e. The Bertz CT molecular complexity index is 333. The van der Waals surface area contributed by atoms with Crippen LogP contribution in [0.15, 0.2) is 35.4 Å². The van der Waals surface area contributed by atoms with Crippen molar-refractivity contribution in [2.45, 2.75) is 6.42 Å². The maximum absolute atomic E-state index is 11.4. The molecule has 72 valence electrons. The van der Waals surface area contributed by atoms with Gasteiger partial charge in [-0.2, -0.15) is 5.10 Å². The fraction of sp³-hybridized carbons (Fsp3) is 0.100. The Morgan fingerprint density at radius 2 is 2.07 bits per heavy atom. The van der Waals surface area contributed by atoms with Crippen LogP contribution in [0.2, 0.25) is 0 Å². The molecule has 0 aliphatic heterocycles. The third kappa shape index (κ3) is 3.18. The standard InChI is InChI=1S/C10H10N2O2/c13-8-12-11-7-6-10(14)9-4-2-1-3-5-9/h1-5,7-8H,6H2,(H,12,13). The highest BCUT2D eigenvalue weighted by Crippen LogP contribution is 2.01. The van der Waals surface area contributed by atoms with Crippen LogP contribution in [-0.2, 0) is 4.79 Å². The monoisotopic (exact) mass is 190 g/mol. The summed E-state index contributed by atoms with van der Waals surface area (Å²) < 4.78 is 0. The molecule has 1 aromatic carbocycles. The number of hydrazone groups is 1. The van der Waals surface area contributed by atoms with E-state index < -0.39 is 0 Å². The SMILES string of the molecule is O=CNN=CCC(=O)c1ccccc1. The fourth-order valence-electron chi connectivity index (χ4n) is 0.954. The smallest absolute Gasteiger partial charge is 0.227 e. The van der Waals surface area contributed by atoms with Gasteiger partial charge in [-0.1, -0.05) is 30.3 Å². The summed E-state index contributed by atoms with van der Waals surface area (Å²) >= 11 is 0. The van der Waals surface area contributed by atoms with Crippen LogP contribution in [0.25, 0.3) is 0 Å². The molecule has 0 saturated carbocycles. The summed E-state index contributed by atoms with van der Waals surface area (Å²) in [5.74, 6) is -0.0259. The van der Waals surface area contributed by atoms with Crippen molar-refractivity contribution < 1.29 is 9.59 Å². The second kappa shape index (κ2) is 5.64. The van der Waals surface area contributed by atoms with Crippen molar-refractivity contribution >= 4 is 18.4 Å². The highest BCUT2D eigenvalue weighted by atomic mass is 16.1. The van der Waals surface area contributed by atoms with Crippen molar-refractivity contribution in [2.75, 3.05) is 0 Å². The number of amides is 1. The van der Waals surface area contributed by atoms with E-state index in [-0.39, 0.29) is 12.2 Å². The molecule has 1 aromatic rings. The van der Waals surface area contributed by atoms with E-state index in [1.54, 1.807) is 24.3 Å². The Labute approximate surface area is 81.6 Å². The molecule has 0 aliphatic rings. The van der Waals surface area contributed by atoms with Gasteiger partial charge in [0, 0.05) is 18.2 Å². The Kier molecular flexibility index (Phi) is 4.07. The Morgan fingerprint density at radius 1 is 1.36 bits per heavy atom. The van der Waals surface area contributed by atoms with E-state index in [4.69, 9.17) is 0 Å². The number of benzene rings is 1. The summed E-state index contributed by atoms with van der Waals surface area (Å²) in [4.78, 5) is 21.2. The number of hydrogen-bond donors (Lipinski definition) is 1. The third-order valence-corrected chi connectivity index (χ3v) is 1.59. The lowest BCUT2D eigenvalue weighted by Gasteiger charge is -1.95. The van der Waals surface area contributed by atoms with E-state index in [0.29, 0.717) is 12.0 Å². The van der Waals surface area contributed by atoms with Gasteiger partial charge < -0.3 is 0 Å². The number of ketones is 1. The average Bonchev–Trinajstić information content (AvgIpc) is 2.25. The minimum atomic E-state index is -0.0259. The number of Topliss-reactive ketones (excluding diaryl/α,β-unsaturated/α-hetero) is 1. The van der Waals surface area contributed by atoms with E-state index in [9.17, 15) is 9.59 Å². The highest BCUT2D eigenvalue weighted by molar-refractivity contribution is 6.03. The van der Waals surface area contributed by atoms with Crippen molar-refractivity contribution in [3.8, 4) is 0 Å². The maximum atomic E-state index is 11.4. The quantitative estimate of drug-likeness (QED) is 0.326. The van der Waals surface area contributed by atoms with Crippen molar-refractivity contribution in [3.63, 3.8) is 0 Å². The minimum absolute atomic E-state index is 0.0259. The predicted molar refractivity (Wildman–Crippen MR) is 53.1 cm³/mol. The van der Waals surface area contributed by atoms with Crippen LogP contribution in [-0.4, -0.2) is 18.4 Å². The molecule has 0 radical (unpaired) electrons. The lowest BCUT2D eigenvalue weighted by atomic mass is 10.1. The normalized spacial score (nSPS) is 10.0. The van der Waals surface area contributed by atoms with Gasteiger partial charge in [0.2, 0.25) is 6.41 Å². The first-order chi connectivity index (χ1) is 6.84. The topological polar surface area (TPSA) is 58.5 Å². The molecule has 1 N–H and O–H groups in total. The number of rotatable bonds is 5. The summed E-state index contributed by atoms with van der Waals surface area (Å²) in [5, 5.41) is 3.49. The van der Waals surface area contributed by atoms with Gasteiger partial charge in [-0.25, -0.2) is 0 Å². The van der Waals surface area contributed by atoms with E-state index in [1.807, 2.05) is 6.07 Å². The molecular weight excluding hydrogens is 180 g/mol. The number of nitrogens with one attached hydrogen (secondary N) is 1. The lowest BCUT2D eigenvalue weighted by molar-refractivity contribution is -0.109. The Morgan fingerprint density at radius 3 is 2.71 bits per heavy atom. The average molecular weight is 190 g/mol. The van der Waals surface area contributed by atoms with Crippen LogP contribution in [0.1, 0.15) is 16.8 Å². The van der Waals surface area contributed by atoms with Crippen LogP contribution < -0.4 is 5.43 Å². The molecule has 0 spiro atoms. The number of nitrogens with zero attached hydrogens (tertiary/aromatic N) is 1. The van der Waals surface area contributed by atoms with Gasteiger partial charge >= 0.3 is 0 Å². The minimum Gasteiger partial charge on any atom is -0.294 e. The second-order valence-electron chi connectivity index (χ2n) is 2.55. The van der Waals surface area contributed by atoms with E-state index >= 15 is 0 Å². The van der Waals surface area contributed by atoms with Crippen LogP contribution in [0.3, 0.4) is 0 Å². The van der Waals surface area contributed by atoms with Crippen molar-refractivity contribution in [1.29, 1.82) is 0 Å². The molecule has 4 nitrogen and oxygen atoms in total. The van der Waals surface area contributed by atoms with Gasteiger partial charge in [0.25, 0.3) is 0 Å². The van der Waals surface area contributed by atoms with Crippen LogP contribution in [0, 0.1) is 0 Å². The molecule has 0 unspecified atom stereocenters. The van der Waals surface area contributed by atoms with Gasteiger partial charge in [0.05, 0.1) is 0 Å². The zero-order valence-electron chi connectivity index (χ0n) is 7.51. The lowest BCUT2D eigenvalue weighted by Crippen LogP contribution is -2.04. The summed E-state index contributed by atoms with van der Waals surface area (Å²) in [5.41, 5.74) is 2.74. The molecule has 0 fully saturated rings. The molecule has 0 aliphatic carbocycles. The van der Waals surface area contributed by atoms with Crippen molar-refractivity contribution in [1.82, 2.24) is 5.43 Å². The molecule has 1 amide bonds. The fourth-order valence-corrected chi connectivity index (χ4v) is 0.954. The number of carbonyl (C=O) groups excluding carboxylic acids is 2. The second-order valence-corrected chi connectivity index (χ2v) is 2.55. The molecule has 0 saturated heterocycles. The summed E-state index contributed by atoms with van der Waals surface area (Å²) in [6, 6.07) is 8.92. The third-order valence-electron chi connectivity index (χ3n) is 1.59. The molecule has 0 bridgehead atoms. The van der Waals surface area contributed by atoms with Gasteiger partial charge in [-0.3, -0.25) is 15.0 Å². The van der Waals surface area contributed by atoms with E-state index in [1.165, 1.54) is 6.21 Å². The molecule has 0 atom stereocenters. The van der Waals surface area contributed by atoms with Crippen LogP contribution >= 0.6 is 0 Å². The molecule has 0 aromatic heterocycles. The Hall–Kier alpha value is -1.97.